The normalized spacial score (nSPS) is 21.9. The van der Waals surface area contributed by atoms with Crippen LogP contribution in [0.5, 0.6) is 0 Å². The van der Waals surface area contributed by atoms with Crippen molar-refractivity contribution in [1.82, 2.24) is 15.5 Å². The fraction of sp³-hybridized carbons (Fsp3) is 0.533. The smallest absolute Gasteiger partial charge is 0.258 e. The molecule has 1 saturated carbocycles. The molecule has 2 atom stereocenters. The molecule has 2 N–H and O–H groups in total. The van der Waals surface area contributed by atoms with Crippen LogP contribution in [-0.2, 0) is 0 Å². The van der Waals surface area contributed by atoms with Crippen molar-refractivity contribution in [3.05, 3.63) is 23.0 Å². The molecule has 3 rings (SSSR count). The van der Waals surface area contributed by atoms with E-state index in [-0.39, 0.29) is 24.5 Å². The summed E-state index contributed by atoms with van der Waals surface area (Å²) in [5, 5.41) is 16.9. The lowest BCUT2D eigenvalue weighted by Crippen LogP contribution is -2.38. The van der Waals surface area contributed by atoms with Crippen molar-refractivity contribution >= 4 is 17.0 Å². The van der Waals surface area contributed by atoms with Crippen molar-refractivity contribution in [3.8, 4) is 0 Å². The van der Waals surface area contributed by atoms with Crippen LogP contribution in [0.2, 0.25) is 0 Å². The molecule has 1 aliphatic rings. The highest BCUT2D eigenvalue weighted by molar-refractivity contribution is 6.06. The van der Waals surface area contributed by atoms with Gasteiger partial charge in [0.15, 0.2) is 0 Å². The number of nitrogens with zero attached hydrogens (tertiary/aromatic N) is 2. The second-order valence-electron chi connectivity index (χ2n) is 5.71. The Bertz CT molecular complexity index is 680. The molecular formula is C15H19N3O3. The standard InChI is InChI=1S/C15H19N3O3/c1-8-6-11(13-9(2)18-21-15(13)16-8)14(20)17-12-5-3-4-10(12)7-19/h6,10,12,19H,3-5,7H2,1-2H3,(H,17,20). The highest BCUT2D eigenvalue weighted by Gasteiger charge is 2.29. The molecule has 6 heteroatoms. The summed E-state index contributed by atoms with van der Waals surface area (Å²) in [6, 6.07) is 1.79. The van der Waals surface area contributed by atoms with Gasteiger partial charge in [-0.15, -0.1) is 0 Å². The van der Waals surface area contributed by atoms with E-state index >= 15 is 0 Å². The third-order valence-corrected chi connectivity index (χ3v) is 4.20. The van der Waals surface area contributed by atoms with Crippen molar-refractivity contribution in [2.24, 2.45) is 5.92 Å². The molecule has 1 amide bonds. The number of fused-ring (bicyclic) bond motifs is 1. The van der Waals surface area contributed by atoms with E-state index in [4.69, 9.17) is 4.52 Å². The van der Waals surface area contributed by atoms with E-state index in [1.807, 2.05) is 6.92 Å². The van der Waals surface area contributed by atoms with Crippen molar-refractivity contribution in [3.63, 3.8) is 0 Å². The van der Waals surface area contributed by atoms with Gasteiger partial charge in [-0.3, -0.25) is 4.79 Å². The molecule has 2 aromatic rings. The molecular weight excluding hydrogens is 270 g/mol. The molecule has 6 nitrogen and oxygen atoms in total. The second kappa shape index (κ2) is 5.44. The van der Waals surface area contributed by atoms with Crippen LogP contribution < -0.4 is 5.32 Å². The largest absolute Gasteiger partial charge is 0.396 e. The van der Waals surface area contributed by atoms with Gasteiger partial charge >= 0.3 is 0 Å². The number of carbonyl (C=O) groups excluding carboxylic acids is 1. The van der Waals surface area contributed by atoms with E-state index in [0.29, 0.717) is 28.1 Å². The van der Waals surface area contributed by atoms with Crippen LogP contribution in [0.4, 0.5) is 0 Å². The lowest BCUT2D eigenvalue weighted by molar-refractivity contribution is 0.0917. The summed E-state index contributed by atoms with van der Waals surface area (Å²) in [7, 11) is 0. The van der Waals surface area contributed by atoms with Crippen molar-refractivity contribution in [1.29, 1.82) is 0 Å². The van der Waals surface area contributed by atoms with Crippen LogP contribution in [0, 0.1) is 19.8 Å². The van der Waals surface area contributed by atoms with E-state index in [1.165, 1.54) is 0 Å². The van der Waals surface area contributed by atoms with Crippen LogP contribution in [0.3, 0.4) is 0 Å². The quantitative estimate of drug-likeness (QED) is 0.898. The first kappa shape index (κ1) is 14.0. The number of aromatic nitrogens is 2. The molecule has 2 aromatic heterocycles. The topological polar surface area (TPSA) is 88.2 Å². The molecule has 1 fully saturated rings. The molecule has 2 unspecified atom stereocenters. The zero-order valence-corrected chi connectivity index (χ0v) is 12.2. The zero-order valence-electron chi connectivity index (χ0n) is 12.2. The first-order valence-corrected chi connectivity index (χ1v) is 7.25. The molecule has 0 saturated heterocycles. The molecule has 1 aliphatic carbocycles. The predicted molar refractivity (Wildman–Crippen MR) is 77.0 cm³/mol. The highest BCUT2D eigenvalue weighted by atomic mass is 16.5. The summed E-state index contributed by atoms with van der Waals surface area (Å²) in [6.45, 7) is 3.73. The van der Waals surface area contributed by atoms with Crippen LogP contribution in [0.15, 0.2) is 10.6 Å². The van der Waals surface area contributed by atoms with Crippen LogP contribution in [0.1, 0.15) is 41.0 Å². The minimum atomic E-state index is -0.151. The second-order valence-corrected chi connectivity index (χ2v) is 5.71. The van der Waals surface area contributed by atoms with Gasteiger partial charge in [-0.25, -0.2) is 4.98 Å². The Morgan fingerprint density at radius 2 is 2.29 bits per heavy atom. The van der Waals surface area contributed by atoms with Crippen molar-refractivity contribution < 1.29 is 14.4 Å². The molecule has 112 valence electrons. The third-order valence-electron chi connectivity index (χ3n) is 4.20. The maximum absolute atomic E-state index is 12.6. The van der Waals surface area contributed by atoms with E-state index in [9.17, 15) is 9.90 Å². The van der Waals surface area contributed by atoms with E-state index < -0.39 is 0 Å². The Hall–Kier alpha value is -1.95. The van der Waals surface area contributed by atoms with Gasteiger partial charge < -0.3 is 14.9 Å². The van der Waals surface area contributed by atoms with E-state index in [1.54, 1.807) is 13.0 Å². The van der Waals surface area contributed by atoms with Gasteiger partial charge in [0.25, 0.3) is 11.6 Å². The third kappa shape index (κ3) is 2.51. The highest BCUT2D eigenvalue weighted by Crippen LogP contribution is 2.27. The molecule has 0 radical (unpaired) electrons. The Balaban J connectivity index is 1.92. The molecule has 0 bridgehead atoms. The number of carbonyl (C=O) groups is 1. The maximum Gasteiger partial charge on any atom is 0.258 e. The number of pyridine rings is 1. The number of hydrogen-bond acceptors (Lipinski definition) is 5. The summed E-state index contributed by atoms with van der Waals surface area (Å²) in [5.74, 6) is -0.00176. The minimum Gasteiger partial charge on any atom is -0.396 e. The Labute approximate surface area is 122 Å². The summed E-state index contributed by atoms with van der Waals surface area (Å²) in [6.07, 6.45) is 2.90. The SMILES string of the molecule is Cc1cc(C(=O)NC2CCCC2CO)c2c(C)noc2n1. The Morgan fingerprint density at radius 3 is 3.05 bits per heavy atom. The number of amides is 1. The van der Waals surface area contributed by atoms with E-state index in [2.05, 4.69) is 15.5 Å². The number of hydrogen-bond donors (Lipinski definition) is 2. The minimum absolute atomic E-state index is 0.0335. The fourth-order valence-electron chi connectivity index (χ4n) is 3.09. The average molecular weight is 289 g/mol. The van der Waals surface area contributed by atoms with Gasteiger partial charge in [0, 0.05) is 24.3 Å². The van der Waals surface area contributed by atoms with Gasteiger partial charge in [0.1, 0.15) is 0 Å². The lowest BCUT2D eigenvalue weighted by Gasteiger charge is -2.19. The summed E-state index contributed by atoms with van der Waals surface area (Å²) in [5.41, 5.74) is 2.31. The maximum atomic E-state index is 12.6. The van der Waals surface area contributed by atoms with Crippen LogP contribution >= 0.6 is 0 Å². The lowest BCUT2D eigenvalue weighted by atomic mass is 10.0. The van der Waals surface area contributed by atoms with Gasteiger partial charge in [-0.05, 0) is 32.8 Å². The molecule has 0 aliphatic heterocycles. The van der Waals surface area contributed by atoms with E-state index in [0.717, 1.165) is 19.3 Å². The number of rotatable bonds is 3. The zero-order chi connectivity index (χ0) is 15.0. The predicted octanol–water partition coefficient (Wildman–Crippen LogP) is 1.73. The van der Waals surface area contributed by atoms with Crippen LogP contribution in [-0.4, -0.2) is 33.8 Å². The summed E-state index contributed by atoms with van der Waals surface area (Å²) < 4.78 is 5.15. The summed E-state index contributed by atoms with van der Waals surface area (Å²) in [4.78, 5) is 16.8. The number of aryl methyl sites for hydroxylation is 2. The molecule has 0 spiro atoms. The molecule has 2 heterocycles. The first-order valence-electron chi connectivity index (χ1n) is 7.25. The van der Waals surface area contributed by atoms with Gasteiger partial charge in [-0.2, -0.15) is 0 Å². The van der Waals surface area contributed by atoms with Crippen LogP contribution in [0.25, 0.3) is 11.1 Å². The number of aliphatic hydroxyl groups excluding tert-OH is 1. The van der Waals surface area contributed by atoms with Gasteiger partial charge in [0.2, 0.25) is 0 Å². The first-order chi connectivity index (χ1) is 10.1. The average Bonchev–Trinajstić information content (AvgIpc) is 3.05. The number of aliphatic hydroxyl groups is 1. The monoisotopic (exact) mass is 289 g/mol. The number of nitrogens with one attached hydrogen (secondary N) is 1. The summed E-state index contributed by atoms with van der Waals surface area (Å²) >= 11 is 0. The van der Waals surface area contributed by atoms with Gasteiger partial charge in [0.05, 0.1) is 16.6 Å². The van der Waals surface area contributed by atoms with Gasteiger partial charge in [-0.1, -0.05) is 11.6 Å². The molecule has 0 aromatic carbocycles. The van der Waals surface area contributed by atoms with Crippen molar-refractivity contribution in [2.75, 3.05) is 6.61 Å². The van der Waals surface area contributed by atoms with Crippen molar-refractivity contribution in [2.45, 2.75) is 39.2 Å². The molecule has 21 heavy (non-hydrogen) atoms. The fourth-order valence-corrected chi connectivity index (χ4v) is 3.09. The Kier molecular flexibility index (Phi) is 3.63. The Morgan fingerprint density at radius 1 is 1.48 bits per heavy atom.